The van der Waals surface area contributed by atoms with Crippen LogP contribution in [0.3, 0.4) is 0 Å². The highest BCUT2D eigenvalue weighted by molar-refractivity contribution is 5.95. The molecule has 1 unspecified atom stereocenters. The van der Waals surface area contributed by atoms with Crippen LogP contribution >= 0.6 is 0 Å². The first-order valence-electron chi connectivity index (χ1n) is 8.26. The fraction of sp³-hybridized carbons (Fsp3) is 0.263. The lowest BCUT2D eigenvalue weighted by atomic mass is 10.1. The number of aromatic nitrogens is 2. The average Bonchev–Trinajstić information content (AvgIpc) is 3.31. The molecule has 1 atom stereocenters. The molecular weight excluding hydrogens is 318 g/mol. The first-order valence-corrected chi connectivity index (χ1v) is 8.26. The SMILES string of the molecule is COc1ccc(-c2nc3ccccc3[nH]2)cc1NC(=O)C1CCOC1. The molecule has 25 heavy (non-hydrogen) atoms. The van der Waals surface area contributed by atoms with Crippen LogP contribution in [0, 0.1) is 5.92 Å². The zero-order chi connectivity index (χ0) is 17.2. The molecule has 128 valence electrons. The molecule has 2 N–H and O–H groups in total. The smallest absolute Gasteiger partial charge is 0.230 e. The Morgan fingerprint density at radius 3 is 2.96 bits per heavy atom. The lowest BCUT2D eigenvalue weighted by Crippen LogP contribution is -2.23. The van der Waals surface area contributed by atoms with Crippen LogP contribution in [-0.2, 0) is 9.53 Å². The van der Waals surface area contributed by atoms with Gasteiger partial charge in [0.05, 0.1) is 36.4 Å². The van der Waals surface area contributed by atoms with E-state index in [0.717, 1.165) is 28.8 Å². The molecule has 1 aliphatic rings. The van der Waals surface area contributed by atoms with Gasteiger partial charge < -0.3 is 19.8 Å². The molecule has 0 saturated carbocycles. The number of fused-ring (bicyclic) bond motifs is 1. The molecule has 0 radical (unpaired) electrons. The highest BCUT2D eigenvalue weighted by atomic mass is 16.5. The molecule has 1 amide bonds. The van der Waals surface area contributed by atoms with E-state index in [1.54, 1.807) is 7.11 Å². The van der Waals surface area contributed by atoms with Crippen molar-refractivity contribution in [1.82, 2.24) is 9.97 Å². The van der Waals surface area contributed by atoms with Crippen molar-refractivity contribution in [2.45, 2.75) is 6.42 Å². The number of benzene rings is 2. The van der Waals surface area contributed by atoms with Gasteiger partial charge in [0.1, 0.15) is 11.6 Å². The maximum Gasteiger partial charge on any atom is 0.230 e. The lowest BCUT2D eigenvalue weighted by Gasteiger charge is -2.13. The van der Waals surface area contributed by atoms with Crippen LogP contribution in [0.1, 0.15) is 6.42 Å². The lowest BCUT2D eigenvalue weighted by molar-refractivity contribution is -0.119. The predicted octanol–water partition coefficient (Wildman–Crippen LogP) is 3.21. The zero-order valence-electron chi connectivity index (χ0n) is 13.9. The summed E-state index contributed by atoms with van der Waals surface area (Å²) >= 11 is 0. The van der Waals surface area contributed by atoms with Crippen molar-refractivity contribution in [2.75, 3.05) is 25.6 Å². The van der Waals surface area contributed by atoms with Crippen molar-refractivity contribution < 1.29 is 14.3 Å². The van der Waals surface area contributed by atoms with Gasteiger partial charge >= 0.3 is 0 Å². The number of imidazole rings is 1. The number of rotatable bonds is 4. The number of hydrogen-bond acceptors (Lipinski definition) is 4. The monoisotopic (exact) mass is 337 g/mol. The van der Waals surface area contributed by atoms with Crippen molar-refractivity contribution >= 4 is 22.6 Å². The summed E-state index contributed by atoms with van der Waals surface area (Å²) in [5, 5.41) is 2.96. The van der Waals surface area contributed by atoms with Gasteiger partial charge in [-0.15, -0.1) is 0 Å². The molecule has 2 heterocycles. The maximum atomic E-state index is 12.4. The van der Waals surface area contributed by atoms with E-state index >= 15 is 0 Å². The highest BCUT2D eigenvalue weighted by Gasteiger charge is 2.24. The van der Waals surface area contributed by atoms with Gasteiger partial charge in [-0.1, -0.05) is 12.1 Å². The fourth-order valence-electron chi connectivity index (χ4n) is 3.02. The number of anilines is 1. The topological polar surface area (TPSA) is 76.2 Å². The third kappa shape index (κ3) is 3.08. The summed E-state index contributed by atoms with van der Waals surface area (Å²) in [5.74, 6) is 1.22. The molecule has 1 fully saturated rings. The summed E-state index contributed by atoms with van der Waals surface area (Å²) < 4.78 is 10.7. The van der Waals surface area contributed by atoms with E-state index in [-0.39, 0.29) is 11.8 Å². The number of hydrogen-bond donors (Lipinski definition) is 2. The number of carbonyl (C=O) groups is 1. The molecule has 0 aliphatic carbocycles. The van der Waals surface area contributed by atoms with Gasteiger partial charge in [0.15, 0.2) is 0 Å². The largest absolute Gasteiger partial charge is 0.495 e. The number of nitrogens with zero attached hydrogens (tertiary/aromatic N) is 1. The number of methoxy groups -OCH3 is 1. The number of carbonyl (C=O) groups excluding carboxylic acids is 1. The van der Waals surface area contributed by atoms with Crippen LogP contribution in [0.2, 0.25) is 0 Å². The third-order valence-electron chi connectivity index (χ3n) is 4.42. The minimum absolute atomic E-state index is 0.0439. The van der Waals surface area contributed by atoms with Gasteiger partial charge in [0.25, 0.3) is 0 Å². The Morgan fingerprint density at radius 2 is 2.20 bits per heavy atom. The minimum atomic E-state index is -0.112. The Hall–Kier alpha value is -2.86. The molecule has 1 saturated heterocycles. The molecule has 1 aliphatic heterocycles. The van der Waals surface area contributed by atoms with Crippen LogP contribution in [0.25, 0.3) is 22.4 Å². The van der Waals surface area contributed by atoms with Gasteiger partial charge in [-0.05, 0) is 36.8 Å². The van der Waals surface area contributed by atoms with Gasteiger partial charge in [0.2, 0.25) is 5.91 Å². The van der Waals surface area contributed by atoms with Crippen LogP contribution in [-0.4, -0.2) is 36.2 Å². The number of para-hydroxylation sites is 2. The summed E-state index contributed by atoms with van der Waals surface area (Å²) in [5.41, 5.74) is 3.40. The normalized spacial score (nSPS) is 16.9. The van der Waals surface area contributed by atoms with Crippen LogP contribution in [0.15, 0.2) is 42.5 Å². The number of amides is 1. The highest BCUT2D eigenvalue weighted by Crippen LogP contribution is 2.31. The van der Waals surface area contributed by atoms with E-state index in [2.05, 4.69) is 15.3 Å². The number of H-pyrrole nitrogens is 1. The van der Waals surface area contributed by atoms with E-state index in [1.165, 1.54) is 0 Å². The standard InChI is InChI=1S/C19H19N3O3/c1-24-17-7-6-12(18-20-14-4-2-3-5-15(14)21-18)10-16(17)22-19(23)13-8-9-25-11-13/h2-7,10,13H,8-9,11H2,1H3,(H,20,21)(H,22,23). The molecule has 2 aromatic carbocycles. The van der Waals surface area contributed by atoms with E-state index in [4.69, 9.17) is 9.47 Å². The van der Waals surface area contributed by atoms with Gasteiger partial charge in [-0.25, -0.2) is 4.98 Å². The van der Waals surface area contributed by atoms with E-state index in [0.29, 0.717) is 24.7 Å². The Kier molecular flexibility index (Phi) is 4.11. The number of ether oxygens (including phenoxy) is 2. The van der Waals surface area contributed by atoms with Crippen LogP contribution in [0.4, 0.5) is 5.69 Å². The number of nitrogens with one attached hydrogen (secondary N) is 2. The van der Waals surface area contributed by atoms with E-state index in [9.17, 15) is 4.79 Å². The summed E-state index contributed by atoms with van der Waals surface area (Å²) in [4.78, 5) is 20.3. The van der Waals surface area contributed by atoms with E-state index < -0.39 is 0 Å². The van der Waals surface area contributed by atoms with Crippen LogP contribution in [0.5, 0.6) is 5.75 Å². The first-order chi connectivity index (χ1) is 12.2. The van der Waals surface area contributed by atoms with Gasteiger partial charge in [0, 0.05) is 12.2 Å². The second-order valence-corrected chi connectivity index (χ2v) is 6.07. The maximum absolute atomic E-state index is 12.4. The molecule has 6 heteroatoms. The molecule has 1 aromatic heterocycles. The predicted molar refractivity (Wildman–Crippen MR) is 95.6 cm³/mol. The molecule has 0 spiro atoms. The van der Waals surface area contributed by atoms with Gasteiger partial charge in [-0.3, -0.25) is 4.79 Å². The second kappa shape index (κ2) is 6.57. The summed E-state index contributed by atoms with van der Waals surface area (Å²) in [6, 6.07) is 13.5. The molecule has 6 nitrogen and oxygen atoms in total. The van der Waals surface area contributed by atoms with Crippen molar-refractivity contribution in [3.63, 3.8) is 0 Å². The second-order valence-electron chi connectivity index (χ2n) is 6.07. The average molecular weight is 337 g/mol. The summed E-state index contributed by atoms with van der Waals surface area (Å²) in [6.45, 7) is 1.10. The first kappa shape index (κ1) is 15.7. The minimum Gasteiger partial charge on any atom is -0.495 e. The molecule has 0 bridgehead atoms. The fourth-order valence-corrected chi connectivity index (χ4v) is 3.02. The van der Waals surface area contributed by atoms with Crippen molar-refractivity contribution in [3.05, 3.63) is 42.5 Å². The van der Waals surface area contributed by atoms with Crippen LogP contribution < -0.4 is 10.1 Å². The Bertz CT molecular complexity index is 880. The van der Waals surface area contributed by atoms with Crippen molar-refractivity contribution in [1.29, 1.82) is 0 Å². The van der Waals surface area contributed by atoms with E-state index in [1.807, 2.05) is 42.5 Å². The number of aromatic amines is 1. The van der Waals surface area contributed by atoms with Gasteiger partial charge in [-0.2, -0.15) is 0 Å². The Labute approximate surface area is 145 Å². The molecule has 4 rings (SSSR count). The summed E-state index contributed by atoms with van der Waals surface area (Å²) in [6.07, 6.45) is 0.747. The van der Waals surface area contributed by atoms with Crippen molar-refractivity contribution in [2.24, 2.45) is 5.92 Å². The zero-order valence-corrected chi connectivity index (χ0v) is 13.9. The molecular formula is C19H19N3O3. The molecule has 3 aromatic rings. The Morgan fingerprint density at radius 1 is 1.32 bits per heavy atom. The third-order valence-corrected chi connectivity index (χ3v) is 4.42. The summed E-state index contributed by atoms with van der Waals surface area (Å²) in [7, 11) is 1.59. The quantitative estimate of drug-likeness (QED) is 0.766. The Balaban J connectivity index is 1.66. The van der Waals surface area contributed by atoms with Crippen molar-refractivity contribution in [3.8, 4) is 17.1 Å².